The number of amides is 2. The number of carbonyl (C=O) groups is 3. The molecule has 3 aromatic rings. The van der Waals surface area contributed by atoms with Crippen LogP contribution in [0.3, 0.4) is 0 Å². The van der Waals surface area contributed by atoms with Crippen molar-refractivity contribution in [3.05, 3.63) is 58.0 Å². The van der Waals surface area contributed by atoms with Crippen molar-refractivity contribution in [2.24, 2.45) is 5.73 Å². The Morgan fingerprint density at radius 3 is 2.31 bits per heavy atom. The molecule has 11 heteroatoms. The molecule has 2 amide bonds. The number of fused-ring (bicyclic) bond motifs is 1. The van der Waals surface area contributed by atoms with Gasteiger partial charge in [-0.2, -0.15) is 5.26 Å². The Hall–Kier alpha value is -4.59. The van der Waals surface area contributed by atoms with Gasteiger partial charge in [-0.1, -0.05) is 0 Å². The normalized spacial score (nSPS) is 10.6. The van der Waals surface area contributed by atoms with Gasteiger partial charge >= 0.3 is 11.7 Å². The number of hydrogen-bond acceptors (Lipinski definition) is 7. The molecule has 0 unspecified atom stereocenters. The topological polar surface area (TPSA) is 155 Å². The SMILES string of the molecule is CCN(CC)c1ccc(N(CC(N)=O)C(=O)Cc2cc(C(=O)OC)cc3[nH]c(=O)n(CC#N)c23)cc1. The number of rotatable bonds is 10. The van der Waals surface area contributed by atoms with Gasteiger partial charge in [0.25, 0.3) is 0 Å². The highest BCUT2D eigenvalue weighted by Crippen LogP contribution is 2.24. The Labute approximate surface area is 207 Å². The Bertz CT molecular complexity index is 1380. The number of ether oxygens (including phenoxy) is 1. The molecule has 2 aromatic carbocycles. The summed E-state index contributed by atoms with van der Waals surface area (Å²) in [7, 11) is 1.22. The quantitative estimate of drug-likeness (QED) is 0.407. The molecule has 0 aliphatic carbocycles. The van der Waals surface area contributed by atoms with Crippen molar-refractivity contribution in [2.45, 2.75) is 26.8 Å². The lowest BCUT2D eigenvalue weighted by atomic mass is 10.0. The summed E-state index contributed by atoms with van der Waals surface area (Å²) in [5.74, 6) is -1.84. The van der Waals surface area contributed by atoms with E-state index in [1.54, 1.807) is 12.1 Å². The summed E-state index contributed by atoms with van der Waals surface area (Å²) in [5.41, 5.74) is 7.37. The number of imidazole rings is 1. The molecule has 188 valence electrons. The average molecular weight is 493 g/mol. The van der Waals surface area contributed by atoms with Crippen molar-refractivity contribution < 1.29 is 19.1 Å². The third-order valence-electron chi connectivity index (χ3n) is 5.84. The lowest BCUT2D eigenvalue weighted by molar-refractivity contribution is -0.122. The van der Waals surface area contributed by atoms with Crippen LogP contribution in [0.15, 0.2) is 41.2 Å². The van der Waals surface area contributed by atoms with E-state index in [0.29, 0.717) is 16.8 Å². The van der Waals surface area contributed by atoms with Gasteiger partial charge in [0.2, 0.25) is 11.8 Å². The number of nitriles is 1. The Kier molecular flexibility index (Phi) is 8.11. The maximum absolute atomic E-state index is 13.5. The number of nitrogens with one attached hydrogen (secondary N) is 1. The van der Waals surface area contributed by atoms with Gasteiger partial charge < -0.3 is 25.3 Å². The van der Waals surface area contributed by atoms with Gasteiger partial charge in [-0.05, 0) is 55.8 Å². The number of hydrogen-bond donors (Lipinski definition) is 2. The summed E-state index contributed by atoms with van der Waals surface area (Å²) >= 11 is 0. The van der Waals surface area contributed by atoms with E-state index in [-0.39, 0.29) is 30.6 Å². The second-order valence-corrected chi connectivity index (χ2v) is 8.01. The molecule has 1 heterocycles. The van der Waals surface area contributed by atoms with E-state index in [9.17, 15) is 24.4 Å². The van der Waals surface area contributed by atoms with Crippen molar-refractivity contribution in [2.75, 3.05) is 36.5 Å². The highest BCUT2D eigenvalue weighted by Gasteiger charge is 2.23. The predicted octanol–water partition coefficient (Wildman–Crippen LogP) is 1.55. The highest BCUT2D eigenvalue weighted by molar-refractivity contribution is 6.02. The zero-order valence-corrected chi connectivity index (χ0v) is 20.4. The molecule has 36 heavy (non-hydrogen) atoms. The molecule has 3 rings (SSSR count). The molecule has 1 aromatic heterocycles. The number of esters is 1. The number of primary amides is 1. The fraction of sp³-hybridized carbons (Fsp3) is 0.320. The van der Waals surface area contributed by atoms with Crippen molar-refractivity contribution >= 4 is 40.2 Å². The van der Waals surface area contributed by atoms with Crippen LogP contribution in [0.25, 0.3) is 11.0 Å². The van der Waals surface area contributed by atoms with Gasteiger partial charge in [-0.15, -0.1) is 0 Å². The summed E-state index contributed by atoms with van der Waals surface area (Å²) < 4.78 is 5.99. The zero-order chi connectivity index (χ0) is 26.4. The van der Waals surface area contributed by atoms with Crippen LogP contribution < -0.4 is 21.2 Å². The summed E-state index contributed by atoms with van der Waals surface area (Å²) in [4.78, 5) is 55.9. The molecule has 0 aliphatic heterocycles. The minimum Gasteiger partial charge on any atom is -0.465 e. The van der Waals surface area contributed by atoms with E-state index in [0.717, 1.165) is 18.8 Å². The number of carbonyl (C=O) groups excluding carboxylic acids is 3. The number of methoxy groups -OCH3 is 1. The molecule has 0 saturated carbocycles. The Morgan fingerprint density at radius 2 is 1.75 bits per heavy atom. The average Bonchev–Trinajstić information content (AvgIpc) is 3.18. The first kappa shape index (κ1) is 26.0. The van der Waals surface area contributed by atoms with E-state index in [1.165, 1.54) is 28.7 Å². The van der Waals surface area contributed by atoms with Crippen LogP contribution in [0.4, 0.5) is 11.4 Å². The van der Waals surface area contributed by atoms with Crippen molar-refractivity contribution in [1.29, 1.82) is 5.26 Å². The molecule has 0 aliphatic rings. The van der Waals surface area contributed by atoms with Crippen LogP contribution in [0.1, 0.15) is 29.8 Å². The first-order chi connectivity index (χ1) is 17.2. The molecule has 0 saturated heterocycles. The van der Waals surface area contributed by atoms with Crippen molar-refractivity contribution in [1.82, 2.24) is 9.55 Å². The number of anilines is 2. The second kappa shape index (κ2) is 11.2. The zero-order valence-electron chi connectivity index (χ0n) is 20.4. The smallest absolute Gasteiger partial charge is 0.337 e. The van der Waals surface area contributed by atoms with E-state index >= 15 is 0 Å². The summed E-state index contributed by atoms with van der Waals surface area (Å²) in [6.07, 6.45) is -0.269. The fourth-order valence-electron chi connectivity index (χ4n) is 4.15. The Morgan fingerprint density at radius 1 is 1.11 bits per heavy atom. The van der Waals surface area contributed by atoms with Crippen LogP contribution in [-0.4, -0.2) is 54.1 Å². The molecular weight excluding hydrogens is 464 g/mol. The number of nitrogens with zero attached hydrogens (tertiary/aromatic N) is 4. The van der Waals surface area contributed by atoms with Gasteiger partial charge in [0, 0.05) is 24.5 Å². The van der Waals surface area contributed by atoms with Gasteiger partial charge in [0.15, 0.2) is 0 Å². The van der Waals surface area contributed by atoms with Gasteiger partial charge in [-0.3, -0.25) is 14.2 Å². The van der Waals surface area contributed by atoms with Gasteiger partial charge in [0.1, 0.15) is 13.1 Å². The van der Waals surface area contributed by atoms with Gasteiger partial charge in [0.05, 0.1) is 36.2 Å². The number of benzene rings is 2. The second-order valence-electron chi connectivity index (χ2n) is 8.01. The third-order valence-corrected chi connectivity index (χ3v) is 5.84. The molecule has 0 atom stereocenters. The molecule has 0 fully saturated rings. The van der Waals surface area contributed by atoms with Crippen LogP contribution in [0, 0.1) is 11.3 Å². The predicted molar refractivity (Wildman–Crippen MR) is 135 cm³/mol. The molecule has 0 spiro atoms. The number of H-pyrrole nitrogens is 1. The lowest BCUT2D eigenvalue weighted by Gasteiger charge is -2.24. The minimum absolute atomic E-state index is 0.128. The Balaban J connectivity index is 2.06. The van der Waals surface area contributed by atoms with E-state index in [4.69, 9.17) is 10.5 Å². The minimum atomic E-state index is -0.701. The lowest BCUT2D eigenvalue weighted by Crippen LogP contribution is -2.39. The fourth-order valence-corrected chi connectivity index (χ4v) is 4.15. The summed E-state index contributed by atoms with van der Waals surface area (Å²) in [5, 5.41) is 9.18. The molecular formula is C25H28N6O5. The number of aromatic nitrogens is 2. The molecule has 11 nitrogen and oxygen atoms in total. The number of nitrogens with two attached hydrogens (primary N) is 1. The van der Waals surface area contributed by atoms with Crippen LogP contribution in [0.2, 0.25) is 0 Å². The first-order valence-corrected chi connectivity index (χ1v) is 11.4. The maximum Gasteiger partial charge on any atom is 0.337 e. The monoisotopic (exact) mass is 492 g/mol. The molecule has 0 bridgehead atoms. The standard InChI is InChI=1S/C25H28N6O5/c1-4-29(5-2)18-6-8-19(9-7-18)31(15-21(27)32)22(33)14-16-12-17(24(34)36-3)13-20-23(16)30(11-10-26)25(35)28-20/h6-9,12-13H,4-5,11,14-15H2,1-3H3,(H2,27,32)(H,28,35). The summed E-state index contributed by atoms with van der Waals surface area (Å²) in [6.45, 7) is 5.09. The highest BCUT2D eigenvalue weighted by atomic mass is 16.5. The van der Waals surface area contributed by atoms with Crippen molar-refractivity contribution in [3.8, 4) is 6.07 Å². The van der Waals surface area contributed by atoms with Crippen LogP contribution >= 0.6 is 0 Å². The third kappa shape index (κ3) is 5.38. The maximum atomic E-state index is 13.5. The summed E-state index contributed by atoms with van der Waals surface area (Å²) in [6, 6.07) is 12.0. The van der Waals surface area contributed by atoms with E-state index in [2.05, 4.69) is 9.88 Å². The molecule has 3 N–H and O–H groups in total. The van der Waals surface area contributed by atoms with E-state index in [1.807, 2.05) is 32.0 Å². The van der Waals surface area contributed by atoms with Crippen LogP contribution in [-0.2, 0) is 27.3 Å². The molecule has 0 radical (unpaired) electrons. The first-order valence-electron chi connectivity index (χ1n) is 11.4. The number of aromatic amines is 1. The van der Waals surface area contributed by atoms with E-state index < -0.39 is 23.5 Å². The van der Waals surface area contributed by atoms with Crippen LogP contribution in [0.5, 0.6) is 0 Å². The largest absolute Gasteiger partial charge is 0.465 e. The van der Waals surface area contributed by atoms with Crippen molar-refractivity contribution in [3.63, 3.8) is 0 Å². The van der Waals surface area contributed by atoms with Gasteiger partial charge in [-0.25, -0.2) is 9.59 Å².